The van der Waals surface area contributed by atoms with Crippen LogP contribution in [0.3, 0.4) is 0 Å². The van der Waals surface area contributed by atoms with E-state index in [-0.39, 0.29) is 6.04 Å². The number of halogens is 1. The van der Waals surface area contributed by atoms with E-state index < -0.39 is 0 Å². The second-order valence-corrected chi connectivity index (χ2v) is 5.93. The Bertz CT molecular complexity index is 614. The lowest BCUT2D eigenvalue weighted by Gasteiger charge is -2.15. The van der Waals surface area contributed by atoms with Crippen molar-refractivity contribution >= 4 is 11.6 Å². The Hall–Kier alpha value is -1.33. The molecule has 5 nitrogen and oxygen atoms in total. The van der Waals surface area contributed by atoms with Crippen LogP contribution in [-0.4, -0.2) is 19.6 Å². The molecule has 21 heavy (non-hydrogen) atoms. The zero-order chi connectivity index (χ0) is 15.6. The number of nitrogens with two attached hydrogens (primary N) is 1. The number of aromatic nitrogens is 4. The first kappa shape index (κ1) is 16.0. The van der Waals surface area contributed by atoms with Gasteiger partial charge in [-0.3, -0.25) is 9.36 Å². The molecule has 2 N–H and O–H groups in total. The van der Waals surface area contributed by atoms with Gasteiger partial charge in [0.25, 0.3) is 0 Å². The number of rotatable bonds is 6. The minimum atomic E-state index is -0.106. The zero-order valence-electron chi connectivity index (χ0n) is 13.2. The van der Waals surface area contributed by atoms with Gasteiger partial charge < -0.3 is 5.73 Å². The predicted molar refractivity (Wildman–Crippen MR) is 85.5 cm³/mol. The lowest BCUT2D eigenvalue weighted by atomic mass is 10.0. The summed E-state index contributed by atoms with van der Waals surface area (Å²) < 4.78 is 3.85. The highest BCUT2D eigenvalue weighted by atomic mass is 35.5. The first-order valence-corrected chi connectivity index (χ1v) is 7.79. The molecule has 2 heterocycles. The molecule has 0 saturated carbocycles. The topological polar surface area (TPSA) is 61.7 Å². The molecule has 1 unspecified atom stereocenters. The van der Waals surface area contributed by atoms with E-state index in [9.17, 15) is 0 Å². The van der Waals surface area contributed by atoms with Gasteiger partial charge in [-0.25, -0.2) is 0 Å². The van der Waals surface area contributed by atoms with Crippen LogP contribution in [0.15, 0.2) is 6.20 Å². The molecule has 0 aliphatic heterocycles. The van der Waals surface area contributed by atoms with Crippen molar-refractivity contribution in [3.05, 3.63) is 33.9 Å². The molecule has 0 amide bonds. The smallest absolute Gasteiger partial charge is 0.0834 e. The van der Waals surface area contributed by atoms with Crippen molar-refractivity contribution < 1.29 is 0 Å². The molecule has 0 spiro atoms. The molecule has 0 aliphatic rings. The van der Waals surface area contributed by atoms with Crippen molar-refractivity contribution in [2.75, 3.05) is 0 Å². The van der Waals surface area contributed by atoms with Gasteiger partial charge in [0.1, 0.15) is 0 Å². The van der Waals surface area contributed by atoms with Gasteiger partial charge in [0, 0.05) is 25.3 Å². The van der Waals surface area contributed by atoms with E-state index in [0.29, 0.717) is 5.02 Å². The third-order valence-corrected chi connectivity index (χ3v) is 4.28. The lowest BCUT2D eigenvalue weighted by Crippen LogP contribution is -2.18. The Morgan fingerprint density at radius 2 is 2.10 bits per heavy atom. The van der Waals surface area contributed by atoms with E-state index >= 15 is 0 Å². The molecule has 2 aromatic heterocycles. The summed E-state index contributed by atoms with van der Waals surface area (Å²) in [5, 5.41) is 9.42. The molecule has 0 aromatic carbocycles. The van der Waals surface area contributed by atoms with Crippen molar-refractivity contribution in [2.45, 2.75) is 52.6 Å². The Labute approximate surface area is 131 Å². The summed E-state index contributed by atoms with van der Waals surface area (Å²) in [4.78, 5) is 0. The quantitative estimate of drug-likeness (QED) is 0.892. The maximum absolute atomic E-state index is 6.35. The van der Waals surface area contributed by atoms with E-state index in [1.54, 1.807) is 6.20 Å². The molecule has 2 aromatic rings. The third-order valence-electron chi connectivity index (χ3n) is 3.98. The minimum Gasteiger partial charge on any atom is -0.323 e. The van der Waals surface area contributed by atoms with Gasteiger partial charge in [0.15, 0.2) is 0 Å². The largest absolute Gasteiger partial charge is 0.323 e. The van der Waals surface area contributed by atoms with Gasteiger partial charge in [-0.05, 0) is 38.7 Å². The van der Waals surface area contributed by atoms with Crippen LogP contribution in [0.25, 0.3) is 0 Å². The number of hydrogen-bond acceptors (Lipinski definition) is 3. The van der Waals surface area contributed by atoms with E-state index in [1.165, 1.54) is 11.3 Å². The van der Waals surface area contributed by atoms with E-state index in [0.717, 1.165) is 37.2 Å². The normalized spacial score (nSPS) is 12.9. The fourth-order valence-electron chi connectivity index (χ4n) is 2.75. The summed E-state index contributed by atoms with van der Waals surface area (Å²) in [5.74, 6) is 0. The predicted octanol–water partition coefficient (Wildman–Crippen LogP) is 2.93. The number of aryl methyl sites for hydroxylation is 3. The molecule has 1 atom stereocenters. The molecule has 2 rings (SSSR count). The molecular formula is C15H24ClN5. The summed E-state index contributed by atoms with van der Waals surface area (Å²) >= 11 is 6.24. The van der Waals surface area contributed by atoms with E-state index in [1.807, 2.05) is 23.3 Å². The average Bonchev–Trinajstić information content (AvgIpc) is 2.90. The van der Waals surface area contributed by atoms with Crippen molar-refractivity contribution in [3.8, 4) is 0 Å². The summed E-state index contributed by atoms with van der Waals surface area (Å²) in [6.45, 7) is 7.10. The molecule has 0 saturated heterocycles. The van der Waals surface area contributed by atoms with Crippen LogP contribution < -0.4 is 5.73 Å². The maximum atomic E-state index is 6.35. The monoisotopic (exact) mass is 309 g/mol. The van der Waals surface area contributed by atoms with Crippen LogP contribution in [0, 0.1) is 13.8 Å². The van der Waals surface area contributed by atoms with Gasteiger partial charge >= 0.3 is 0 Å². The van der Waals surface area contributed by atoms with Crippen LogP contribution in [0.4, 0.5) is 0 Å². The highest BCUT2D eigenvalue weighted by molar-refractivity contribution is 6.31. The molecule has 0 aliphatic carbocycles. The molecule has 0 fully saturated rings. The number of hydrogen-bond donors (Lipinski definition) is 1. The zero-order valence-corrected chi connectivity index (χ0v) is 14.0. The summed E-state index contributed by atoms with van der Waals surface area (Å²) in [5.41, 5.74) is 10.9. The first-order chi connectivity index (χ1) is 9.95. The second-order valence-electron chi connectivity index (χ2n) is 5.52. The van der Waals surface area contributed by atoms with Gasteiger partial charge in [-0.15, -0.1) is 0 Å². The van der Waals surface area contributed by atoms with Gasteiger partial charge in [-0.2, -0.15) is 10.2 Å². The maximum Gasteiger partial charge on any atom is 0.0834 e. The fraction of sp³-hybridized carbons (Fsp3) is 0.600. The van der Waals surface area contributed by atoms with Crippen LogP contribution in [0.5, 0.6) is 0 Å². The molecule has 0 bridgehead atoms. The van der Waals surface area contributed by atoms with Crippen molar-refractivity contribution in [3.63, 3.8) is 0 Å². The molecule has 6 heteroatoms. The summed E-state index contributed by atoms with van der Waals surface area (Å²) in [6, 6.07) is -0.106. The van der Waals surface area contributed by atoms with E-state index in [2.05, 4.69) is 24.0 Å². The Balaban J connectivity index is 2.11. The average molecular weight is 310 g/mol. The highest BCUT2D eigenvalue weighted by Gasteiger charge is 2.18. The molecular weight excluding hydrogens is 286 g/mol. The van der Waals surface area contributed by atoms with Gasteiger partial charge in [0.2, 0.25) is 0 Å². The van der Waals surface area contributed by atoms with Crippen LogP contribution in [0.1, 0.15) is 48.5 Å². The first-order valence-electron chi connectivity index (χ1n) is 7.41. The van der Waals surface area contributed by atoms with Crippen LogP contribution in [-0.2, 0) is 20.0 Å². The van der Waals surface area contributed by atoms with Gasteiger partial charge in [0.05, 0.1) is 22.6 Å². The van der Waals surface area contributed by atoms with Crippen molar-refractivity contribution in [1.29, 1.82) is 0 Å². The third kappa shape index (κ3) is 3.30. The fourth-order valence-corrected chi connectivity index (χ4v) is 3.03. The SMILES string of the molecule is CCCn1ncc(Cl)c1C(N)CCc1c(C)nn(C)c1C. The lowest BCUT2D eigenvalue weighted by molar-refractivity contribution is 0.522. The highest BCUT2D eigenvalue weighted by Crippen LogP contribution is 2.26. The molecule has 116 valence electrons. The van der Waals surface area contributed by atoms with E-state index in [4.69, 9.17) is 17.3 Å². The Kier molecular flexibility index (Phi) is 5.06. The Morgan fingerprint density at radius 1 is 1.38 bits per heavy atom. The summed E-state index contributed by atoms with van der Waals surface area (Å²) in [7, 11) is 1.97. The number of nitrogens with zero attached hydrogens (tertiary/aromatic N) is 4. The van der Waals surface area contributed by atoms with Crippen LogP contribution >= 0.6 is 11.6 Å². The van der Waals surface area contributed by atoms with Crippen LogP contribution in [0.2, 0.25) is 5.02 Å². The summed E-state index contributed by atoms with van der Waals surface area (Å²) in [6.07, 6.45) is 4.44. The molecule has 0 radical (unpaired) electrons. The van der Waals surface area contributed by atoms with Crippen molar-refractivity contribution in [1.82, 2.24) is 19.6 Å². The second kappa shape index (κ2) is 6.62. The Morgan fingerprint density at radius 3 is 2.67 bits per heavy atom. The standard InChI is InChI=1S/C15H24ClN5/c1-5-8-21-15(13(16)9-18-21)14(17)7-6-12-10(2)19-20(4)11(12)3/h9,14H,5-8,17H2,1-4H3. The van der Waals surface area contributed by atoms with Gasteiger partial charge in [-0.1, -0.05) is 18.5 Å². The van der Waals surface area contributed by atoms with Crippen molar-refractivity contribution in [2.24, 2.45) is 12.8 Å². The minimum absolute atomic E-state index is 0.106.